The van der Waals surface area contributed by atoms with Gasteiger partial charge in [-0.3, -0.25) is 9.59 Å². The zero-order valence-electron chi connectivity index (χ0n) is 13.6. The van der Waals surface area contributed by atoms with E-state index in [2.05, 4.69) is 10.5 Å². The van der Waals surface area contributed by atoms with Crippen LogP contribution in [0.5, 0.6) is 0 Å². The van der Waals surface area contributed by atoms with Gasteiger partial charge in [-0.15, -0.1) is 0 Å². The maximum atomic E-state index is 11.8. The number of carbonyl (C=O) groups excluding carboxylic acids is 2. The van der Waals surface area contributed by atoms with E-state index in [-0.39, 0.29) is 18.3 Å². The average Bonchev–Trinajstić information content (AvgIpc) is 3.25. The average molecular weight is 339 g/mol. The minimum Gasteiger partial charge on any atom is -0.465 e. The Hall–Kier alpha value is -3.35. The summed E-state index contributed by atoms with van der Waals surface area (Å²) in [7, 11) is 0. The lowest BCUT2D eigenvalue weighted by molar-refractivity contribution is -0.143. The SMILES string of the molecule is CCOC(=O)Cn1cc(/C=N\NC(=O)c2ccco2)c2ccccc21. The van der Waals surface area contributed by atoms with Gasteiger partial charge in [0.05, 0.1) is 19.1 Å². The smallest absolute Gasteiger partial charge is 0.325 e. The monoisotopic (exact) mass is 339 g/mol. The molecule has 25 heavy (non-hydrogen) atoms. The summed E-state index contributed by atoms with van der Waals surface area (Å²) in [6, 6.07) is 10.8. The van der Waals surface area contributed by atoms with E-state index in [1.807, 2.05) is 24.3 Å². The van der Waals surface area contributed by atoms with Gasteiger partial charge in [0.2, 0.25) is 0 Å². The molecule has 0 unspecified atom stereocenters. The van der Waals surface area contributed by atoms with E-state index < -0.39 is 5.91 Å². The van der Waals surface area contributed by atoms with Gasteiger partial charge >= 0.3 is 11.9 Å². The number of aromatic nitrogens is 1. The summed E-state index contributed by atoms with van der Waals surface area (Å²) in [6.07, 6.45) is 4.75. The van der Waals surface area contributed by atoms with E-state index >= 15 is 0 Å². The maximum Gasteiger partial charge on any atom is 0.325 e. The highest BCUT2D eigenvalue weighted by molar-refractivity contribution is 6.00. The Morgan fingerprint density at radius 1 is 1.28 bits per heavy atom. The molecule has 3 rings (SSSR count). The molecule has 0 spiro atoms. The van der Waals surface area contributed by atoms with Gasteiger partial charge in [0, 0.05) is 22.7 Å². The fourth-order valence-corrected chi connectivity index (χ4v) is 2.48. The van der Waals surface area contributed by atoms with Crippen LogP contribution in [-0.4, -0.2) is 29.3 Å². The summed E-state index contributed by atoms with van der Waals surface area (Å²) in [5.41, 5.74) is 4.07. The minimum atomic E-state index is -0.434. The lowest BCUT2D eigenvalue weighted by Gasteiger charge is -2.04. The van der Waals surface area contributed by atoms with Gasteiger partial charge in [0.15, 0.2) is 5.76 Å². The van der Waals surface area contributed by atoms with Crippen molar-refractivity contribution in [2.75, 3.05) is 6.61 Å². The van der Waals surface area contributed by atoms with Crippen LogP contribution < -0.4 is 5.43 Å². The minimum absolute atomic E-state index is 0.112. The van der Waals surface area contributed by atoms with Crippen LogP contribution in [0.4, 0.5) is 0 Å². The van der Waals surface area contributed by atoms with E-state index in [9.17, 15) is 9.59 Å². The predicted molar refractivity (Wildman–Crippen MR) is 92.3 cm³/mol. The third kappa shape index (κ3) is 3.77. The number of fused-ring (bicyclic) bond motifs is 1. The van der Waals surface area contributed by atoms with Gasteiger partial charge in [-0.1, -0.05) is 18.2 Å². The van der Waals surface area contributed by atoms with E-state index in [0.29, 0.717) is 6.61 Å². The van der Waals surface area contributed by atoms with Gasteiger partial charge in [-0.25, -0.2) is 5.43 Å². The number of ether oxygens (including phenoxy) is 1. The highest BCUT2D eigenvalue weighted by Crippen LogP contribution is 2.20. The van der Waals surface area contributed by atoms with Crippen molar-refractivity contribution in [3.05, 3.63) is 60.2 Å². The quantitative estimate of drug-likeness (QED) is 0.425. The Balaban J connectivity index is 1.80. The van der Waals surface area contributed by atoms with Gasteiger partial charge in [0.1, 0.15) is 6.54 Å². The van der Waals surface area contributed by atoms with Gasteiger partial charge in [0.25, 0.3) is 0 Å². The summed E-state index contributed by atoms with van der Waals surface area (Å²) in [5, 5.41) is 4.88. The van der Waals surface area contributed by atoms with E-state index in [1.165, 1.54) is 12.5 Å². The van der Waals surface area contributed by atoms with Crippen LogP contribution in [0.25, 0.3) is 10.9 Å². The number of esters is 1. The van der Waals surface area contributed by atoms with Crippen LogP contribution in [0.15, 0.2) is 58.4 Å². The molecule has 0 aliphatic carbocycles. The Morgan fingerprint density at radius 2 is 2.12 bits per heavy atom. The normalized spacial score (nSPS) is 11.1. The summed E-state index contributed by atoms with van der Waals surface area (Å²) < 4.78 is 11.8. The molecule has 0 atom stereocenters. The summed E-state index contributed by atoms with van der Waals surface area (Å²) in [4.78, 5) is 23.6. The first kappa shape index (κ1) is 16.5. The zero-order valence-corrected chi connectivity index (χ0v) is 13.6. The Bertz CT molecular complexity index is 910. The fraction of sp³-hybridized carbons (Fsp3) is 0.167. The van der Waals surface area contributed by atoms with Crippen molar-refractivity contribution in [1.82, 2.24) is 9.99 Å². The number of nitrogens with zero attached hydrogens (tertiary/aromatic N) is 2. The summed E-state index contributed by atoms with van der Waals surface area (Å²) in [5.74, 6) is -0.559. The molecule has 3 aromatic rings. The van der Waals surface area contributed by atoms with Crippen molar-refractivity contribution in [3.63, 3.8) is 0 Å². The number of rotatable bonds is 6. The fourth-order valence-electron chi connectivity index (χ4n) is 2.48. The van der Waals surface area contributed by atoms with Crippen LogP contribution >= 0.6 is 0 Å². The molecule has 7 heteroatoms. The third-order valence-electron chi connectivity index (χ3n) is 3.54. The molecule has 1 aromatic carbocycles. The molecule has 0 aliphatic rings. The second-order valence-electron chi connectivity index (χ2n) is 5.21. The number of carbonyl (C=O) groups is 2. The maximum absolute atomic E-state index is 11.8. The van der Waals surface area contributed by atoms with Crippen LogP contribution in [0.3, 0.4) is 0 Å². The van der Waals surface area contributed by atoms with Crippen LogP contribution in [-0.2, 0) is 16.1 Å². The Kier molecular flexibility index (Phi) is 4.94. The van der Waals surface area contributed by atoms with Crippen LogP contribution in [0, 0.1) is 0 Å². The van der Waals surface area contributed by atoms with Crippen LogP contribution in [0.2, 0.25) is 0 Å². The molecule has 2 aromatic heterocycles. The molecule has 0 aliphatic heterocycles. The highest BCUT2D eigenvalue weighted by atomic mass is 16.5. The summed E-state index contributed by atoms with van der Waals surface area (Å²) in [6.45, 7) is 2.22. The standard InChI is InChI=1S/C18H17N3O4/c1-2-24-17(22)12-21-11-13(14-6-3-4-7-15(14)21)10-19-20-18(23)16-8-5-9-25-16/h3-11H,2,12H2,1H3,(H,20,23)/b19-10-. The van der Waals surface area contributed by atoms with Crippen molar-refractivity contribution in [3.8, 4) is 0 Å². The number of hydrogen-bond acceptors (Lipinski definition) is 5. The largest absolute Gasteiger partial charge is 0.465 e. The van der Waals surface area contributed by atoms with Gasteiger partial charge in [-0.05, 0) is 25.1 Å². The molecule has 1 N–H and O–H groups in total. The van der Waals surface area contributed by atoms with Gasteiger partial charge in [-0.2, -0.15) is 5.10 Å². The predicted octanol–water partition coefficient (Wildman–Crippen LogP) is 2.56. The molecule has 2 heterocycles. The zero-order chi connectivity index (χ0) is 17.6. The molecular formula is C18H17N3O4. The molecule has 0 saturated heterocycles. The van der Waals surface area contributed by atoms with Crippen molar-refractivity contribution < 1.29 is 18.7 Å². The lowest BCUT2D eigenvalue weighted by atomic mass is 10.2. The third-order valence-corrected chi connectivity index (χ3v) is 3.54. The first-order valence-electron chi connectivity index (χ1n) is 7.79. The van der Waals surface area contributed by atoms with Crippen molar-refractivity contribution in [1.29, 1.82) is 0 Å². The van der Waals surface area contributed by atoms with E-state index in [0.717, 1.165) is 16.5 Å². The first-order valence-corrected chi connectivity index (χ1v) is 7.79. The first-order chi connectivity index (χ1) is 12.2. The van der Waals surface area contributed by atoms with Crippen LogP contribution in [0.1, 0.15) is 23.0 Å². The van der Waals surface area contributed by atoms with Gasteiger partial charge < -0.3 is 13.7 Å². The number of amides is 1. The molecule has 0 saturated carbocycles. The Labute approximate surface area is 143 Å². The Morgan fingerprint density at radius 3 is 2.88 bits per heavy atom. The molecule has 0 radical (unpaired) electrons. The highest BCUT2D eigenvalue weighted by Gasteiger charge is 2.11. The number of furan rings is 1. The summed E-state index contributed by atoms with van der Waals surface area (Å²) >= 11 is 0. The number of para-hydroxylation sites is 1. The molecule has 128 valence electrons. The molecule has 0 fully saturated rings. The molecule has 0 bridgehead atoms. The second kappa shape index (κ2) is 7.48. The lowest BCUT2D eigenvalue weighted by Crippen LogP contribution is -2.16. The molecule has 1 amide bonds. The molecule has 7 nitrogen and oxygen atoms in total. The second-order valence-corrected chi connectivity index (χ2v) is 5.21. The number of nitrogens with one attached hydrogen (secondary N) is 1. The molecular weight excluding hydrogens is 322 g/mol. The topological polar surface area (TPSA) is 85.8 Å². The van der Waals surface area contributed by atoms with Crippen molar-refractivity contribution in [2.24, 2.45) is 5.10 Å². The number of benzene rings is 1. The van der Waals surface area contributed by atoms with Crippen molar-refractivity contribution in [2.45, 2.75) is 13.5 Å². The number of hydrogen-bond donors (Lipinski definition) is 1. The number of hydrazone groups is 1. The van der Waals surface area contributed by atoms with E-state index in [4.69, 9.17) is 9.15 Å². The van der Waals surface area contributed by atoms with E-state index in [1.54, 1.807) is 29.8 Å². The van der Waals surface area contributed by atoms with Crippen molar-refractivity contribution >= 4 is 29.0 Å².